The number of benzene rings is 1. The van der Waals surface area contributed by atoms with Crippen molar-refractivity contribution in [3.8, 4) is 11.6 Å². The third-order valence-corrected chi connectivity index (χ3v) is 3.42. The van der Waals surface area contributed by atoms with Crippen molar-refractivity contribution in [1.29, 1.82) is 0 Å². The molecule has 0 saturated heterocycles. The van der Waals surface area contributed by atoms with Gasteiger partial charge in [-0.3, -0.25) is 0 Å². The molecule has 4 nitrogen and oxygen atoms in total. The lowest BCUT2D eigenvalue weighted by Gasteiger charge is -2.12. The smallest absolute Gasteiger partial charge is 0.221 e. The monoisotopic (exact) mass is 293 g/mol. The van der Waals surface area contributed by atoms with Gasteiger partial charge in [0, 0.05) is 18.7 Å². The fraction of sp³-hybridized carbons (Fsp3) is 0.400. The Morgan fingerprint density at radius 1 is 1.40 bits per heavy atom. The molecule has 108 valence electrons. The van der Waals surface area contributed by atoms with Gasteiger partial charge in [0.05, 0.1) is 10.7 Å². The molecule has 1 aromatic heterocycles. The predicted octanol–water partition coefficient (Wildman–Crippen LogP) is 3.37. The first-order chi connectivity index (χ1) is 9.38. The standard InChI is InChI=1S/C15H20ClN3O/c1-9-5-6-13(16)14(7-9)20-15-12(8-10(2)17)11(3)18-19(15)4/h5-7,10H,8,17H2,1-4H3. The molecule has 1 aromatic carbocycles. The van der Waals surface area contributed by atoms with Crippen LogP contribution in [0.3, 0.4) is 0 Å². The normalized spacial score (nSPS) is 12.5. The van der Waals surface area contributed by atoms with Gasteiger partial charge in [0.25, 0.3) is 0 Å². The van der Waals surface area contributed by atoms with Gasteiger partial charge in [-0.25, -0.2) is 4.68 Å². The van der Waals surface area contributed by atoms with Crippen LogP contribution in [0.4, 0.5) is 0 Å². The number of rotatable bonds is 4. The predicted molar refractivity (Wildman–Crippen MR) is 81.6 cm³/mol. The Bertz CT molecular complexity index is 620. The Kier molecular flexibility index (Phi) is 4.35. The summed E-state index contributed by atoms with van der Waals surface area (Å²) in [6, 6.07) is 5.75. The summed E-state index contributed by atoms with van der Waals surface area (Å²) in [4.78, 5) is 0. The molecule has 2 N–H and O–H groups in total. The molecule has 1 atom stereocenters. The van der Waals surface area contributed by atoms with Crippen molar-refractivity contribution in [2.75, 3.05) is 0 Å². The Morgan fingerprint density at radius 3 is 2.75 bits per heavy atom. The Balaban J connectivity index is 2.40. The van der Waals surface area contributed by atoms with E-state index in [9.17, 15) is 0 Å². The van der Waals surface area contributed by atoms with Gasteiger partial charge >= 0.3 is 0 Å². The Morgan fingerprint density at radius 2 is 2.10 bits per heavy atom. The molecule has 0 fully saturated rings. The maximum Gasteiger partial charge on any atom is 0.221 e. The average molecular weight is 294 g/mol. The SMILES string of the molecule is Cc1ccc(Cl)c(Oc2c(CC(C)N)c(C)nn2C)c1. The summed E-state index contributed by atoms with van der Waals surface area (Å²) in [7, 11) is 1.86. The van der Waals surface area contributed by atoms with E-state index >= 15 is 0 Å². The van der Waals surface area contributed by atoms with Gasteiger partial charge in [-0.1, -0.05) is 17.7 Å². The first-order valence-corrected chi connectivity index (χ1v) is 6.98. The minimum Gasteiger partial charge on any atom is -0.437 e. The van der Waals surface area contributed by atoms with Crippen molar-refractivity contribution in [2.45, 2.75) is 33.2 Å². The summed E-state index contributed by atoms with van der Waals surface area (Å²) in [5.74, 6) is 1.34. The van der Waals surface area contributed by atoms with E-state index in [1.54, 1.807) is 4.68 Å². The highest BCUT2D eigenvalue weighted by Gasteiger charge is 2.17. The molecule has 1 unspecified atom stereocenters. The molecule has 0 aliphatic rings. The van der Waals surface area contributed by atoms with Crippen LogP contribution < -0.4 is 10.5 Å². The van der Waals surface area contributed by atoms with Crippen molar-refractivity contribution >= 4 is 11.6 Å². The number of nitrogens with zero attached hydrogens (tertiary/aromatic N) is 2. The largest absolute Gasteiger partial charge is 0.437 e. The van der Waals surface area contributed by atoms with E-state index < -0.39 is 0 Å². The molecule has 0 bridgehead atoms. The Labute approximate surface area is 124 Å². The van der Waals surface area contributed by atoms with E-state index in [4.69, 9.17) is 22.1 Å². The highest BCUT2D eigenvalue weighted by atomic mass is 35.5. The van der Waals surface area contributed by atoms with E-state index in [1.165, 1.54) is 0 Å². The number of ether oxygens (including phenoxy) is 1. The van der Waals surface area contributed by atoms with Gasteiger partial charge in [0.15, 0.2) is 0 Å². The zero-order valence-corrected chi connectivity index (χ0v) is 13.0. The van der Waals surface area contributed by atoms with Crippen molar-refractivity contribution < 1.29 is 4.74 Å². The van der Waals surface area contributed by atoms with E-state index in [-0.39, 0.29) is 6.04 Å². The van der Waals surface area contributed by atoms with Gasteiger partial charge in [-0.05, 0) is 44.9 Å². The highest BCUT2D eigenvalue weighted by Crippen LogP contribution is 2.33. The molecule has 5 heteroatoms. The second-order valence-corrected chi connectivity index (χ2v) is 5.62. The number of nitrogens with two attached hydrogens (primary N) is 1. The third-order valence-electron chi connectivity index (χ3n) is 3.11. The van der Waals surface area contributed by atoms with Crippen LogP contribution in [0, 0.1) is 13.8 Å². The molecule has 0 spiro atoms. The van der Waals surface area contributed by atoms with Crippen LogP contribution >= 0.6 is 11.6 Å². The molecule has 2 aromatic rings. The maximum absolute atomic E-state index is 6.18. The number of hydrogen-bond donors (Lipinski definition) is 1. The van der Waals surface area contributed by atoms with E-state index in [0.29, 0.717) is 16.7 Å². The molecule has 0 amide bonds. The van der Waals surface area contributed by atoms with Gasteiger partial charge in [0.2, 0.25) is 5.88 Å². The molecular weight excluding hydrogens is 274 g/mol. The highest BCUT2D eigenvalue weighted by molar-refractivity contribution is 6.32. The summed E-state index contributed by atoms with van der Waals surface area (Å²) >= 11 is 6.18. The lowest BCUT2D eigenvalue weighted by atomic mass is 10.1. The molecular formula is C15H20ClN3O. The summed E-state index contributed by atoms with van der Waals surface area (Å²) in [6.45, 7) is 5.93. The van der Waals surface area contributed by atoms with Gasteiger partial charge in [-0.15, -0.1) is 0 Å². The second kappa shape index (κ2) is 5.85. The van der Waals surface area contributed by atoms with Crippen molar-refractivity contribution in [1.82, 2.24) is 9.78 Å². The quantitative estimate of drug-likeness (QED) is 0.940. The van der Waals surface area contributed by atoms with Crippen molar-refractivity contribution in [3.05, 3.63) is 40.0 Å². The van der Waals surface area contributed by atoms with Crippen LogP contribution in [0.15, 0.2) is 18.2 Å². The number of hydrogen-bond acceptors (Lipinski definition) is 3. The van der Waals surface area contributed by atoms with Gasteiger partial charge in [-0.2, -0.15) is 5.10 Å². The zero-order chi connectivity index (χ0) is 14.9. The number of aryl methyl sites for hydroxylation is 3. The summed E-state index contributed by atoms with van der Waals surface area (Å²) in [5.41, 5.74) is 8.96. The summed E-state index contributed by atoms with van der Waals surface area (Å²) in [6.07, 6.45) is 0.721. The van der Waals surface area contributed by atoms with Crippen LogP contribution in [0.25, 0.3) is 0 Å². The van der Waals surface area contributed by atoms with E-state index in [0.717, 1.165) is 23.2 Å². The number of aromatic nitrogens is 2. The number of halogens is 1. The van der Waals surface area contributed by atoms with Crippen LogP contribution in [-0.4, -0.2) is 15.8 Å². The lowest BCUT2D eigenvalue weighted by molar-refractivity contribution is 0.424. The summed E-state index contributed by atoms with van der Waals surface area (Å²) < 4.78 is 7.71. The van der Waals surface area contributed by atoms with Gasteiger partial charge in [0.1, 0.15) is 5.75 Å². The van der Waals surface area contributed by atoms with Crippen LogP contribution in [0.5, 0.6) is 11.6 Å². The zero-order valence-electron chi connectivity index (χ0n) is 12.3. The fourth-order valence-electron chi connectivity index (χ4n) is 2.16. The van der Waals surface area contributed by atoms with Crippen LogP contribution in [0.2, 0.25) is 5.02 Å². The molecule has 0 aliphatic heterocycles. The first kappa shape index (κ1) is 14.9. The van der Waals surface area contributed by atoms with E-state index in [2.05, 4.69) is 5.10 Å². The minimum absolute atomic E-state index is 0.0493. The molecule has 2 rings (SSSR count). The molecule has 0 radical (unpaired) electrons. The second-order valence-electron chi connectivity index (χ2n) is 5.21. The lowest BCUT2D eigenvalue weighted by Crippen LogP contribution is -2.18. The van der Waals surface area contributed by atoms with Crippen LogP contribution in [0.1, 0.15) is 23.7 Å². The Hall–Kier alpha value is -1.52. The molecule has 20 heavy (non-hydrogen) atoms. The van der Waals surface area contributed by atoms with Crippen molar-refractivity contribution in [2.24, 2.45) is 12.8 Å². The topological polar surface area (TPSA) is 53.1 Å². The minimum atomic E-state index is 0.0493. The third kappa shape index (κ3) is 3.14. The van der Waals surface area contributed by atoms with Gasteiger partial charge < -0.3 is 10.5 Å². The molecule has 0 aliphatic carbocycles. The maximum atomic E-state index is 6.18. The molecule has 0 saturated carbocycles. The summed E-state index contributed by atoms with van der Waals surface area (Å²) in [5, 5.41) is 4.99. The molecule has 1 heterocycles. The fourth-order valence-corrected chi connectivity index (χ4v) is 2.31. The first-order valence-electron chi connectivity index (χ1n) is 6.60. The van der Waals surface area contributed by atoms with E-state index in [1.807, 2.05) is 46.0 Å². The van der Waals surface area contributed by atoms with Crippen LogP contribution in [-0.2, 0) is 13.5 Å². The average Bonchev–Trinajstić information content (AvgIpc) is 2.60. The van der Waals surface area contributed by atoms with Crippen molar-refractivity contribution in [3.63, 3.8) is 0 Å².